The summed E-state index contributed by atoms with van der Waals surface area (Å²) in [5.41, 5.74) is -2.28. The maximum atomic E-state index is 15.0. The second-order valence-electron chi connectivity index (χ2n) is 7.34. The molecule has 0 bridgehead atoms. The van der Waals surface area contributed by atoms with E-state index in [1.165, 1.54) is 20.8 Å². The number of hydrogen-bond acceptors (Lipinski definition) is 3. The summed E-state index contributed by atoms with van der Waals surface area (Å²) in [6.45, 7) is 2.38. The molecule has 38 heavy (non-hydrogen) atoms. The minimum Gasteiger partial charge on any atom is -0.370 e. The Hall–Kier alpha value is -1.73. The number of alkyl halides is 15. The minimum absolute atomic E-state index is 0.0429. The van der Waals surface area contributed by atoms with Crippen LogP contribution in [0.1, 0.15) is 26.3 Å². The van der Waals surface area contributed by atoms with E-state index in [4.69, 9.17) is 13.3 Å². The van der Waals surface area contributed by atoms with Crippen LogP contribution in [0.5, 0.6) is 0 Å². The summed E-state index contributed by atoms with van der Waals surface area (Å²) in [6, 6.07) is 1.82. The SMILES string of the molecule is CCO[Si](OCC)(OCC)c1ccccc1C(F)(F)C(F)(F)C(F)(F)C(F)(F)C(F)(F)C(F)(F)C(F)(F)F. The fraction of sp³-hybridized carbons (Fsp3) is 0.684. The molecule has 0 aliphatic rings. The Labute approximate surface area is 206 Å². The van der Waals surface area contributed by atoms with E-state index in [0.29, 0.717) is 12.1 Å². The van der Waals surface area contributed by atoms with Crippen LogP contribution in [0.2, 0.25) is 0 Å². The van der Waals surface area contributed by atoms with Gasteiger partial charge in [-0.1, -0.05) is 24.3 Å². The van der Waals surface area contributed by atoms with Crippen LogP contribution in [0, 0.1) is 0 Å². The van der Waals surface area contributed by atoms with Gasteiger partial charge in [0.1, 0.15) is 0 Å². The van der Waals surface area contributed by atoms with E-state index in [9.17, 15) is 57.1 Å². The van der Waals surface area contributed by atoms with Gasteiger partial charge in [-0.2, -0.15) is 65.9 Å². The van der Waals surface area contributed by atoms with Crippen LogP contribution >= 0.6 is 0 Å². The summed E-state index contributed by atoms with van der Waals surface area (Å²) in [5, 5.41) is -1.22. The van der Waals surface area contributed by atoms with Gasteiger partial charge in [-0.15, -0.1) is 0 Å². The molecule has 0 aliphatic heterocycles. The molecule has 0 aliphatic carbocycles. The standard InChI is InChI=1S/C19H19F15O3Si/c1-4-35-38(36-5-2,37-6-3)12-10-8-7-9-11(12)13(20,21)14(22,23)15(24,25)16(26,27)17(28,29)18(30,31)19(32,33)34/h7-10H,4-6H2,1-3H3. The fourth-order valence-corrected chi connectivity index (χ4v) is 5.82. The fourth-order valence-electron chi connectivity index (χ4n) is 3.09. The molecule has 0 saturated heterocycles. The molecule has 0 heterocycles. The van der Waals surface area contributed by atoms with Crippen molar-refractivity contribution in [1.82, 2.24) is 0 Å². The van der Waals surface area contributed by atoms with Crippen molar-refractivity contribution in [2.24, 2.45) is 0 Å². The third kappa shape index (κ3) is 4.98. The first-order valence-corrected chi connectivity index (χ1v) is 12.0. The number of hydrogen-bond donors (Lipinski definition) is 0. The Morgan fingerprint density at radius 2 is 0.868 bits per heavy atom. The normalized spacial score (nSPS) is 15.2. The first-order valence-electron chi connectivity index (χ1n) is 10.3. The van der Waals surface area contributed by atoms with Gasteiger partial charge in [0.05, 0.1) is 0 Å². The van der Waals surface area contributed by atoms with Crippen molar-refractivity contribution in [3.8, 4) is 0 Å². The second kappa shape index (κ2) is 10.7. The Morgan fingerprint density at radius 1 is 0.526 bits per heavy atom. The van der Waals surface area contributed by atoms with E-state index >= 15 is 8.78 Å². The molecule has 0 unspecified atom stereocenters. The van der Waals surface area contributed by atoms with Crippen molar-refractivity contribution in [2.45, 2.75) is 62.5 Å². The zero-order valence-electron chi connectivity index (χ0n) is 19.3. The van der Waals surface area contributed by atoms with Crippen molar-refractivity contribution in [2.75, 3.05) is 19.8 Å². The molecular formula is C19H19F15O3Si. The van der Waals surface area contributed by atoms with E-state index < -0.39 is 81.1 Å². The molecule has 1 aromatic carbocycles. The van der Waals surface area contributed by atoms with Gasteiger partial charge in [0.25, 0.3) is 0 Å². The zero-order chi connectivity index (χ0) is 30.2. The van der Waals surface area contributed by atoms with Gasteiger partial charge in [-0.3, -0.25) is 0 Å². The maximum Gasteiger partial charge on any atom is 0.537 e. The lowest BCUT2D eigenvalue weighted by Gasteiger charge is -2.42. The van der Waals surface area contributed by atoms with Crippen molar-refractivity contribution >= 4 is 14.0 Å². The van der Waals surface area contributed by atoms with Crippen LogP contribution in [0.3, 0.4) is 0 Å². The van der Waals surface area contributed by atoms with E-state index in [0.717, 1.165) is 6.07 Å². The van der Waals surface area contributed by atoms with E-state index in [1.807, 2.05) is 0 Å². The highest BCUT2D eigenvalue weighted by molar-refractivity contribution is 6.75. The summed E-state index contributed by atoms with van der Waals surface area (Å²) in [7, 11) is -4.76. The van der Waals surface area contributed by atoms with Gasteiger partial charge in [0, 0.05) is 30.6 Å². The highest BCUT2D eigenvalue weighted by Gasteiger charge is 2.93. The van der Waals surface area contributed by atoms with Crippen molar-refractivity contribution in [1.29, 1.82) is 0 Å². The predicted octanol–water partition coefficient (Wildman–Crippen LogP) is 6.77. The molecule has 1 rings (SSSR count). The van der Waals surface area contributed by atoms with Gasteiger partial charge in [0.15, 0.2) is 0 Å². The predicted molar refractivity (Wildman–Crippen MR) is 101 cm³/mol. The molecule has 0 fully saturated rings. The van der Waals surface area contributed by atoms with Gasteiger partial charge < -0.3 is 13.3 Å². The number of halogens is 15. The molecule has 19 heteroatoms. The Balaban J connectivity index is 3.93. The summed E-state index contributed by atoms with van der Waals surface area (Å²) < 4.78 is 221. The highest BCUT2D eigenvalue weighted by Crippen LogP contribution is 2.63. The smallest absolute Gasteiger partial charge is 0.370 e. The molecule has 0 saturated carbocycles. The number of rotatable bonds is 13. The Morgan fingerprint density at radius 3 is 1.24 bits per heavy atom. The lowest BCUT2D eigenvalue weighted by Crippen LogP contribution is -2.72. The van der Waals surface area contributed by atoms with Crippen molar-refractivity contribution in [3.05, 3.63) is 29.8 Å². The minimum atomic E-state index is -8.38. The lowest BCUT2D eigenvalue weighted by atomic mass is 9.88. The highest BCUT2D eigenvalue weighted by atomic mass is 28.4. The third-order valence-corrected chi connectivity index (χ3v) is 8.03. The first-order chi connectivity index (χ1) is 16.9. The molecular weight excluding hydrogens is 589 g/mol. The van der Waals surface area contributed by atoms with Gasteiger partial charge in [-0.25, -0.2) is 0 Å². The van der Waals surface area contributed by atoms with Crippen LogP contribution < -0.4 is 5.19 Å². The van der Waals surface area contributed by atoms with Crippen LogP contribution in [0.25, 0.3) is 0 Å². The average molecular weight is 608 g/mol. The lowest BCUT2D eigenvalue weighted by molar-refractivity contribution is -0.453. The monoisotopic (exact) mass is 608 g/mol. The average Bonchev–Trinajstić information content (AvgIpc) is 2.78. The van der Waals surface area contributed by atoms with Crippen LogP contribution in [-0.4, -0.2) is 64.4 Å². The Kier molecular flexibility index (Phi) is 9.64. The summed E-state index contributed by atoms with van der Waals surface area (Å²) in [4.78, 5) is 0. The van der Waals surface area contributed by atoms with E-state index in [1.54, 1.807) is 0 Å². The maximum absolute atomic E-state index is 15.0. The molecule has 0 radical (unpaired) electrons. The van der Waals surface area contributed by atoms with Crippen molar-refractivity contribution in [3.63, 3.8) is 0 Å². The van der Waals surface area contributed by atoms with Crippen LogP contribution in [-0.2, 0) is 19.2 Å². The van der Waals surface area contributed by atoms with Gasteiger partial charge >= 0.3 is 50.5 Å². The summed E-state index contributed by atoms with van der Waals surface area (Å²) in [5.74, 6) is -47.3. The molecule has 0 aromatic heterocycles. The molecule has 222 valence electrons. The Bertz CT molecular complexity index is 933. The van der Waals surface area contributed by atoms with E-state index in [-0.39, 0.29) is 6.07 Å². The molecule has 0 spiro atoms. The van der Waals surface area contributed by atoms with Gasteiger partial charge in [0.2, 0.25) is 0 Å². The quantitative estimate of drug-likeness (QED) is 0.183. The second-order valence-corrected chi connectivity index (χ2v) is 9.86. The largest absolute Gasteiger partial charge is 0.537 e. The first kappa shape index (κ1) is 34.3. The third-order valence-electron chi connectivity index (χ3n) is 4.93. The number of benzene rings is 1. The van der Waals surface area contributed by atoms with Crippen LogP contribution in [0.15, 0.2) is 24.3 Å². The molecule has 0 atom stereocenters. The van der Waals surface area contributed by atoms with Gasteiger partial charge in [-0.05, 0) is 20.8 Å². The molecule has 1 aromatic rings. The summed E-state index contributed by atoms with van der Waals surface area (Å²) >= 11 is 0. The van der Waals surface area contributed by atoms with Crippen molar-refractivity contribution < 1.29 is 79.1 Å². The summed E-state index contributed by atoms with van der Waals surface area (Å²) in [6.07, 6.45) is -7.67. The molecule has 3 nitrogen and oxygen atoms in total. The van der Waals surface area contributed by atoms with Crippen LogP contribution in [0.4, 0.5) is 65.9 Å². The van der Waals surface area contributed by atoms with E-state index in [2.05, 4.69) is 0 Å². The zero-order valence-corrected chi connectivity index (χ0v) is 20.3. The molecule has 0 N–H and O–H groups in total. The topological polar surface area (TPSA) is 27.7 Å². The molecule has 0 amide bonds.